The molecule has 0 bridgehead atoms. The molecule has 2 aromatic carbocycles. The summed E-state index contributed by atoms with van der Waals surface area (Å²) >= 11 is 0. The van der Waals surface area contributed by atoms with Gasteiger partial charge in [0.25, 0.3) is 5.91 Å². The van der Waals surface area contributed by atoms with Gasteiger partial charge in [-0.15, -0.1) is 0 Å². The Balaban J connectivity index is 1.68. The Labute approximate surface area is 215 Å². The fraction of sp³-hybridized carbons (Fsp3) is 0.357. The molecule has 194 valence electrons. The van der Waals surface area contributed by atoms with Crippen LogP contribution >= 0.6 is 0 Å². The first-order valence-corrected chi connectivity index (χ1v) is 12.5. The van der Waals surface area contributed by atoms with Crippen LogP contribution < -0.4 is 10.1 Å². The molecule has 3 heterocycles. The van der Waals surface area contributed by atoms with Crippen molar-refractivity contribution in [2.45, 2.75) is 6.42 Å². The second-order valence-corrected chi connectivity index (χ2v) is 9.61. The number of halogens is 1. The van der Waals surface area contributed by atoms with Crippen molar-refractivity contribution in [1.82, 2.24) is 19.7 Å². The molecule has 5 rings (SSSR count). The molecule has 1 saturated heterocycles. The number of fused-ring (bicyclic) bond motifs is 1. The number of likely N-dealkylation sites (N-methyl/N-ethyl adjacent to an activating group) is 1. The van der Waals surface area contributed by atoms with Gasteiger partial charge in [0.2, 0.25) is 6.41 Å². The molecule has 0 saturated carbocycles. The van der Waals surface area contributed by atoms with E-state index in [4.69, 9.17) is 4.74 Å². The van der Waals surface area contributed by atoms with Crippen molar-refractivity contribution in [3.05, 3.63) is 53.5 Å². The normalized spacial score (nSPS) is 16.6. The van der Waals surface area contributed by atoms with E-state index in [2.05, 4.69) is 15.2 Å². The number of H-pyrrole nitrogens is 1. The average molecular weight is 506 g/mol. The number of hydrogen-bond acceptors (Lipinski definition) is 5. The lowest BCUT2D eigenvalue weighted by Gasteiger charge is -2.32. The largest absolute Gasteiger partial charge is 0.496 e. The zero-order valence-electron chi connectivity index (χ0n) is 21.4. The number of piperazine rings is 1. The van der Waals surface area contributed by atoms with Crippen LogP contribution in [0.1, 0.15) is 22.5 Å². The molecule has 8 nitrogen and oxygen atoms in total. The molecule has 3 aromatic rings. The predicted molar refractivity (Wildman–Crippen MR) is 143 cm³/mol. The molecule has 9 heteroatoms. The Morgan fingerprint density at radius 1 is 1.08 bits per heavy atom. The molecule has 0 atom stereocenters. The zero-order valence-corrected chi connectivity index (χ0v) is 21.4. The minimum Gasteiger partial charge on any atom is -0.496 e. The van der Waals surface area contributed by atoms with Crippen LogP contribution in [0.25, 0.3) is 27.6 Å². The first-order chi connectivity index (χ1) is 17.9. The standard InChI is InChI=1S/C28H32FN5O3/c1-30-19-6-7-20(25(13-19)37-3)22-14-21(18-5-4-8-33(16-18)17-35)26(29)27-23(22)15-24(31-27)28(36)34-11-9-32(2)10-12-34/h5-7,13-15,17,30-31H,4,8-12,16H2,1-3H3. The first kappa shape index (κ1) is 24.8. The number of carbonyl (C=O) groups is 2. The highest BCUT2D eigenvalue weighted by molar-refractivity contribution is 6.05. The van der Waals surface area contributed by atoms with E-state index in [0.717, 1.165) is 41.9 Å². The number of nitrogens with one attached hydrogen (secondary N) is 2. The van der Waals surface area contributed by atoms with Crippen LogP contribution in [0.5, 0.6) is 5.75 Å². The van der Waals surface area contributed by atoms with Gasteiger partial charge in [0.05, 0.1) is 12.6 Å². The van der Waals surface area contributed by atoms with Gasteiger partial charge in [0.1, 0.15) is 11.4 Å². The highest BCUT2D eigenvalue weighted by Gasteiger charge is 2.26. The molecule has 37 heavy (non-hydrogen) atoms. The van der Waals surface area contributed by atoms with E-state index < -0.39 is 5.82 Å². The number of nitrogens with zero attached hydrogens (tertiary/aromatic N) is 3. The summed E-state index contributed by atoms with van der Waals surface area (Å²) in [5, 5.41) is 3.72. The van der Waals surface area contributed by atoms with Gasteiger partial charge in [0, 0.05) is 74.6 Å². The Morgan fingerprint density at radius 3 is 2.57 bits per heavy atom. The summed E-state index contributed by atoms with van der Waals surface area (Å²) < 4.78 is 21.8. The Hall–Kier alpha value is -3.85. The van der Waals surface area contributed by atoms with Crippen molar-refractivity contribution in [3.63, 3.8) is 0 Å². The third kappa shape index (κ3) is 4.67. The van der Waals surface area contributed by atoms with E-state index in [1.807, 2.05) is 44.4 Å². The molecule has 1 aromatic heterocycles. The molecule has 0 unspecified atom stereocenters. The SMILES string of the molecule is CNc1ccc(-c2cc(C3=CCCN(C=O)C3)c(F)c3[nH]c(C(=O)N4CCN(C)CC4)cc23)c(OC)c1. The summed E-state index contributed by atoms with van der Waals surface area (Å²) in [5.74, 6) is 0.0599. The maximum absolute atomic E-state index is 16.1. The zero-order chi connectivity index (χ0) is 26.1. The molecule has 2 aliphatic heterocycles. The quantitative estimate of drug-likeness (QED) is 0.500. The molecule has 1 fully saturated rings. The number of benzene rings is 2. The monoisotopic (exact) mass is 505 g/mol. The molecule has 2 amide bonds. The van der Waals surface area contributed by atoms with Crippen molar-refractivity contribution in [3.8, 4) is 16.9 Å². The number of rotatable bonds is 6. The van der Waals surface area contributed by atoms with Crippen LogP contribution in [0, 0.1) is 5.82 Å². The summed E-state index contributed by atoms with van der Waals surface area (Å²) in [6, 6.07) is 9.32. The van der Waals surface area contributed by atoms with Crippen molar-refractivity contribution < 1.29 is 18.7 Å². The highest BCUT2D eigenvalue weighted by atomic mass is 19.1. The second-order valence-electron chi connectivity index (χ2n) is 9.61. The van der Waals surface area contributed by atoms with Crippen LogP contribution in [0.4, 0.5) is 10.1 Å². The third-order valence-corrected chi connectivity index (χ3v) is 7.33. The maximum Gasteiger partial charge on any atom is 0.270 e. The molecular weight excluding hydrogens is 473 g/mol. The summed E-state index contributed by atoms with van der Waals surface area (Å²) in [4.78, 5) is 33.5. The van der Waals surface area contributed by atoms with Crippen LogP contribution in [-0.4, -0.2) is 92.5 Å². The summed E-state index contributed by atoms with van der Waals surface area (Å²) in [5.41, 5.74) is 4.21. The first-order valence-electron chi connectivity index (χ1n) is 12.5. The minimum absolute atomic E-state index is 0.141. The van der Waals surface area contributed by atoms with E-state index in [0.29, 0.717) is 55.0 Å². The summed E-state index contributed by atoms with van der Waals surface area (Å²) in [6.07, 6.45) is 3.43. The topological polar surface area (TPSA) is 80.9 Å². The third-order valence-electron chi connectivity index (χ3n) is 7.33. The molecule has 2 aliphatic rings. The van der Waals surface area contributed by atoms with Crippen molar-refractivity contribution in [1.29, 1.82) is 0 Å². The maximum atomic E-state index is 16.1. The van der Waals surface area contributed by atoms with Crippen molar-refractivity contribution in [2.75, 3.05) is 65.8 Å². The fourth-order valence-corrected chi connectivity index (χ4v) is 5.13. The lowest BCUT2D eigenvalue weighted by atomic mass is 9.93. The number of ether oxygens (including phenoxy) is 1. The van der Waals surface area contributed by atoms with Crippen molar-refractivity contribution in [2.24, 2.45) is 0 Å². The summed E-state index contributed by atoms with van der Waals surface area (Å²) in [6.45, 7) is 3.78. The number of hydrogen-bond donors (Lipinski definition) is 2. The molecular formula is C28H32FN5O3. The van der Waals surface area contributed by atoms with Gasteiger partial charge in [-0.3, -0.25) is 9.59 Å². The van der Waals surface area contributed by atoms with E-state index in [9.17, 15) is 9.59 Å². The van der Waals surface area contributed by atoms with Gasteiger partial charge in [-0.05, 0) is 48.9 Å². The van der Waals surface area contributed by atoms with Crippen LogP contribution in [0.15, 0.2) is 36.4 Å². The van der Waals surface area contributed by atoms with Crippen molar-refractivity contribution >= 4 is 34.5 Å². The number of anilines is 1. The molecule has 0 aliphatic carbocycles. The Bertz CT molecular complexity index is 1370. The number of amides is 2. The summed E-state index contributed by atoms with van der Waals surface area (Å²) in [7, 11) is 5.47. The van der Waals surface area contributed by atoms with Gasteiger partial charge in [0.15, 0.2) is 5.82 Å². The second kappa shape index (κ2) is 10.3. The van der Waals surface area contributed by atoms with Crippen LogP contribution in [-0.2, 0) is 4.79 Å². The smallest absolute Gasteiger partial charge is 0.270 e. The van der Waals surface area contributed by atoms with Gasteiger partial charge in [-0.25, -0.2) is 4.39 Å². The van der Waals surface area contributed by atoms with Crippen LogP contribution in [0.3, 0.4) is 0 Å². The van der Waals surface area contributed by atoms with Gasteiger partial charge in [-0.2, -0.15) is 0 Å². The number of aromatic amines is 1. The fourth-order valence-electron chi connectivity index (χ4n) is 5.13. The van der Waals surface area contributed by atoms with E-state index in [-0.39, 0.29) is 11.4 Å². The minimum atomic E-state index is -0.430. The van der Waals surface area contributed by atoms with Gasteiger partial charge < -0.3 is 29.7 Å². The molecule has 0 spiro atoms. The number of aromatic nitrogens is 1. The Kier molecular flexibility index (Phi) is 6.88. The Morgan fingerprint density at radius 2 is 1.86 bits per heavy atom. The number of methoxy groups -OCH3 is 1. The van der Waals surface area contributed by atoms with E-state index in [1.165, 1.54) is 0 Å². The number of carbonyl (C=O) groups excluding carboxylic acids is 2. The van der Waals surface area contributed by atoms with Crippen LogP contribution in [0.2, 0.25) is 0 Å². The van der Waals surface area contributed by atoms with E-state index in [1.54, 1.807) is 23.0 Å². The van der Waals surface area contributed by atoms with E-state index >= 15 is 4.39 Å². The van der Waals surface area contributed by atoms with Gasteiger partial charge >= 0.3 is 0 Å². The lowest BCUT2D eigenvalue weighted by Crippen LogP contribution is -2.47. The highest BCUT2D eigenvalue weighted by Crippen LogP contribution is 2.41. The average Bonchev–Trinajstić information content (AvgIpc) is 3.39. The lowest BCUT2D eigenvalue weighted by molar-refractivity contribution is -0.117. The predicted octanol–water partition coefficient (Wildman–Crippen LogP) is 3.66. The van der Waals surface area contributed by atoms with Gasteiger partial charge in [-0.1, -0.05) is 6.08 Å². The molecule has 0 radical (unpaired) electrons. The molecule has 2 N–H and O–H groups in total.